The molecule has 1 aromatic carbocycles. The van der Waals surface area contributed by atoms with Crippen LogP contribution in [-0.2, 0) is 11.0 Å². The van der Waals surface area contributed by atoms with Gasteiger partial charge in [-0.15, -0.1) is 0 Å². The van der Waals surface area contributed by atoms with Gasteiger partial charge in [-0.3, -0.25) is 0 Å². The van der Waals surface area contributed by atoms with Gasteiger partial charge < -0.3 is 10.2 Å². The molecule has 2 N–H and O–H groups in total. The molecule has 0 spiro atoms. The van der Waals surface area contributed by atoms with E-state index in [4.69, 9.17) is 10.2 Å². The minimum Gasteiger partial charge on any atom is -0.420 e. The van der Waals surface area contributed by atoms with Crippen molar-refractivity contribution in [2.24, 2.45) is 5.73 Å². The summed E-state index contributed by atoms with van der Waals surface area (Å²) in [4.78, 5) is 0. The normalized spacial score (nSPS) is 11.2. The number of hydrogen-bond donors (Lipinski definition) is 1. The van der Waals surface area contributed by atoms with Crippen LogP contribution in [0.1, 0.15) is 12.0 Å². The monoisotopic (exact) mass is 195 g/mol. The van der Waals surface area contributed by atoms with Gasteiger partial charge in [0.05, 0.1) is 6.61 Å². The zero-order chi connectivity index (χ0) is 9.36. The molecule has 0 unspecified atom stereocenters. The predicted molar refractivity (Wildman–Crippen MR) is 58.3 cm³/mol. The third-order valence-electron chi connectivity index (χ3n) is 1.85. The van der Waals surface area contributed by atoms with Crippen molar-refractivity contribution in [1.82, 2.24) is 0 Å². The van der Waals surface area contributed by atoms with Crippen molar-refractivity contribution in [1.29, 1.82) is 0 Å². The van der Waals surface area contributed by atoms with Crippen LogP contribution in [0.4, 0.5) is 0 Å². The molecule has 0 aromatic heterocycles. The minimum absolute atomic E-state index is 0.324. The average Bonchev–Trinajstić information content (AvgIpc) is 2.19. The van der Waals surface area contributed by atoms with E-state index in [0.717, 1.165) is 19.6 Å². The summed E-state index contributed by atoms with van der Waals surface area (Å²) in [7, 11) is -0.324. The van der Waals surface area contributed by atoms with Gasteiger partial charge in [-0.05, 0) is 24.6 Å². The Balaban J connectivity index is 2.07. The molecule has 0 aliphatic heterocycles. The van der Waals surface area contributed by atoms with E-state index >= 15 is 0 Å². The second-order valence-electron chi connectivity index (χ2n) is 3.03. The maximum Gasteiger partial charge on any atom is 0.162 e. The molecule has 13 heavy (non-hydrogen) atoms. The van der Waals surface area contributed by atoms with Gasteiger partial charge in [-0.1, -0.05) is 30.3 Å². The lowest BCUT2D eigenvalue weighted by Gasteiger charge is -2.02. The lowest BCUT2D eigenvalue weighted by Crippen LogP contribution is -2.03. The zero-order valence-electron chi connectivity index (χ0n) is 7.91. The lowest BCUT2D eigenvalue weighted by atomic mass is 10.2. The van der Waals surface area contributed by atoms with Gasteiger partial charge in [0.25, 0.3) is 0 Å². The molecular formula is C10H17NOSi. The first kappa shape index (κ1) is 10.4. The summed E-state index contributed by atoms with van der Waals surface area (Å²) in [6.45, 7) is 1.57. The Labute approximate surface area is 82.0 Å². The van der Waals surface area contributed by atoms with E-state index in [1.54, 1.807) is 0 Å². The maximum atomic E-state index is 5.61. The molecule has 2 nitrogen and oxygen atoms in total. The summed E-state index contributed by atoms with van der Waals surface area (Å²) in [5, 5.41) is 0. The SMILES string of the molecule is NCCC[SiH2]OCc1ccccc1. The Bertz CT molecular complexity index is 215. The standard InChI is InChI=1S/C10H17NOSi/c11-7-4-8-13-12-9-10-5-2-1-3-6-10/h1-3,5-6H,4,7-9,11,13H2. The molecule has 0 saturated heterocycles. The van der Waals surface area contributed by atoms with Gasteiger partial charge in [-0.2, -0.15) is 0 Å². The molecule has 0 heterocycles. The summed E-state index contributed by atoms with van der Waals surface area (Å²) in [6.07, 6.45) is 1.11. The molecule has 72 valence electrons. The smallest absolute Gasteiger partial charge is 0.162 e. The third-order valence-corrected chi connectivity index (χ3v) is 3.14. The Morgan fingerprint density at radius 2 is 2.00 bits per heavy atom. The second kappa shape index (κ2) is 6.83. The average molecular weight is 195 g/mol. The Kier molecular flexibility index (Phi) is 5.48. The van der Waals surface area contributed by atoms with Gasteiger partial charge in [0, 0.05) is 0 Å². The summed E-state index contributed by atoms with van der Waals surface area (Å²) < 4.78 is 5.61. The highest BCUT2D eigenvalue weighted by Gasteiger charge is 1.91. The van der Waals surface area contributed by atoms with E-state index in [9.17, 15) is 0 Å². The largest absolute Gasteiger partial charge is 0.420 e. The first-order valence-corrected chi connectivity index (χ1v) is 6.33. The van der Waals surface area contributed by atoms with E-state index < -0.39 is 0 Å². The summed E-state index contributed by atoms with van der Waals surface area (Å²) in [5.41, 5.74) is 6.65. The fraction of sp³-hybridized carbons (Fsp3) is 0.400. The first-order valence-electron chi connectivity index (χ1n) is 4.75. The highest BCUT2D eigenvalue weighted by molar-refractivity contribution is 6.26. The molecule has 0 radical (unpaired) electrons. The molecule has 0 bridgehead atoms. The zero-order valence-corrected chi connectivity index (χ0v) is 9.32. The molecule has 0 saturated carbocycles. The van der Waals surface area contributed by atoms with Crippen molar-refractivity contribution in [2.75, 3.05) is 6.54 Å². The Morgan fingerprint density at radius 3 is 2.69 bits per heavy atom. The van der Waals surface area contributed by atoms with Crippen molar-refractivity contribution < 1.29 is 4.43 Å². The minimum atomic E-state index is -0.324. The van der Waals surface area contributed by atoms with Crippen molar-refractivity contribution in [3.8, 4) is 0 Å². The van der Waals surface area contributed by atoms with Crippen molar-refractivity contribution in [2.45, 2.75) is 19.1 Å². The fourth-order valence-corrected chi connectivity index (χ4v) is 2.19. The van der Waals surface area contributed by atoms with Crippen LogP contribution in [0.5, 0.6) is 0 Å². The van der Waals surface area contributed by atoms with Crippen molar-refractivity contribution in [3.05, 3.63) is 35.9 Å². The molecule has 0 aliphatic carbocycles. The molecule has 1 rings (SSSR count). The van der Waals surface area contributed by atoms with Gasteiger partial charge in [0.15, 0.2) is 9.76 Å². The van der Waals surface area contributed by atoms with Gasteiger partial charge >= 0.3 is 0 Å². The van der Waals surface area contributed by atoms with Crippen LogP contribution in [0, 0.1) is 0 Å². The number of nitrogens with two attached hydrogens (primary N) is 1. The molecule has 0 atom stereocenters. The number of hydrogen-bond acceptors (Lipinski definition) is 2. The topological polar surface area (TPSA) is 35.2 Å². The predicted octanol–water partition coefficient (Wildman–Crippen LogP) is 1.05. The molecule has 0 amide bonds. The molecule has 0 fully saturated rings. The number of benzene rings is 1. The summed E-state index contributed by atoms with van der Waals surface area (Å²) in [6, 6.07) is 11.5. The fourth-order valence-electron chi connectivity index (χ4n) is 1.11. The third kappa shape index (κ3) is 4.82. The molecule has 1 aromatic rings. The van der Waals surface area contributed by atoms with Gasteiger partial charge in [0.2, 0.25) is 0 Å². The van der Waals surface area contributed by atoms with Crippen molar-refractivity contribution in [3.63, 3.8) is 0 Å². The van der Waals surface area contributed by atoms with Crippen LogP contribution < -0.4 is 5.73 Å². The Morgan fingerprint density at radius 1 is 1.23 bits per heavy atom. The van der Waals surface area contributed by atoms with Crippen LogP contribution in [0.3, 0.4) is 0 Å². The highest BCUT2D eigenvalue weighted by Crippen LogP contribution is 2.00. The summed E-state index contributed by atoms with van der Waals surface area (Å²) >= 11 is 0. The van der Waals surface area contributed by atoms with E-state index in [1.807, 2.05) is 18.2 Å². The van der Waals surface area contributed by atoms with E-state index in [1.165, 1.54) is 11.6 Å². The summed E-state index contributed by atoms with van der Waals surface area (Å²) in [5.74, 6) is 0. The van der Waals surface area contributed by atoms with E-state index in [-0.39, 0.29) is 9.76 Å². The van der Waals surface area contributed by atoms with E-state index in [0.29, 0.717) is 0 Å². The number of rotatable bonds is 6. The van der Waals surface area contributed by atoms with Crippen LogP contribution in [0.25, 0.3) is 0 Å². The highest BCUT2D eigenvalue weighted by atomic mass is 28.2. The lowest BCUT2D eigenvalue weighted by molar-refractivity contribution is 0.323. The first-order chi connectivity index (χ1) is 6.43. The molecule has 0 aliphatic rings. The van der Waals surface area contributed by atoms with Crippen LogP contribution in [-0.4, -0.2) is 16.3 Å². The van der Waals surface area contributed by atoms with E-state index in [2.05, 4.69) is 12.1 Å². The quantitative estimate of drug-likeness (QED) is 0.544. The van der Waals surface area contributed by atoms with Crippen LogP contribution >= 0.6 is 0 Å². The maximum absolute atomic E-state index is 5.61. The van der Waals surface area contributed by atoms with Crippen LogP contribution in [0.2, 0.25) is 6.04 Å². The second-order valence-corrected chi connectivity index (χ2v) is 4.56. The van der Waals surface area contributed by atoms with Gasteiger partial charge in [0.1, 0.15) is 0 Å². The molecular weight excluding hydrogens is 178 g/mol. The van der Waals surface area contributed by atoms with Gasteiger partial charge in [-0.25, -0.2) is 0 Å². The van der Waals surface area contributed by atoms with Crippen LogP contribution in [0.15, 0.2) is 30.3 Å². The van der Waals surface area contributed by atoms with Crippen molar-refractivity contribution >= 4 is 9.76 Å². The Hall–Kier alpha value is -0.643. The molecule has 3 heteroatoms.